The summed E-state index contributed by atoms with van der Waals surface area (Å²) in [5.74, 6) is 0.793. The summed E-state index contributed by atoms with van der Waals surface area (Å²) in [4.78, 5) is 0.0994. The number of benzene rings is 2. The van der Waals surface area contributed by atoms with E-state index < -0.39 is 0 Å². The van der Waals surface area contributed by atoms with Gasteiger partial charge in [0.1, 0.15) is 16.8 Å². The van der Waals surface area contributed by atoms with E-state index in [1.54, 1.807) is 13.2 Å². The van der Waals surface area contributed by atoms with Crippen LogP contribution >= 0.6 is 12.2 Å². The predicted octanol–water partition coefficient (Wildman–Crippen LogP) is 3.04. The summed E-state index contributed by atoms with van der Waals surface area (Å²) in [5, 5.41) is 11.0. The Bertz CT molecular complexity index is 714. The van der Waals surface area contributed by atoms with Crippen LogP contribution < -0.4 is 10.5 Å². The summed E-state index contributed by atoms with van der Waals surface area (Å²) in [6.07, 6.45) is 1.70. The minimum atomic E-state index is 0.0994. The summed E-state index contributed by atoms with van der Waals surface area (Å²) >= 11 is 4.85. The first kappa shape index (κ1) is 13.1. The number of methoxy groups -OCH3 is 1. The van der Waals surface area contributed by atoms with Crippen molar-refractivity contribution in [2.45, 2.75) is 0 Å². The molecule has 2 aromatic carbocycles. The fraction of sp³-hybridized carbons (Fsp3) is 0.0667. The van der Waals surface area contributed by atoms with Crippen molar-refractivity contribution < 1.29 is 4.74 Å². The van der Waals surface area contributed by atoms with Crippen molar-refractivity contribution in [2.24, 2.45) is 5.73 Å². The van der Waals surface area contributed by atoms with Crippen LogP contribution in [-0.4, -0.2) is 12.1 Å². The van der Waals surface area contributed by atoms with Gasteiger partial charge in [-0.05, 0) is 23.1 Å². The van der Waals surface area contributed by atoms with Crippen molar-refractivity contribution in [2.75, 3.05) is 7.11 Å². The number of ether oxygens (including phenoxy) is 1. The molecule has 0 amide bonds. The van der Waals surface area contributed by atoms with E-state index in [0.717, 1.165) is 22.1 Å². The topological polar surface area (TPSA) is 59.0 Å². The zero-order valence-corrected chi connectivity index (χ0v) is 11.2. The molecule has 0 radical (unpaired) electrons. The van der Waals surface area contributed by atoms with Gasteiger partial charge in [0.15, 0.2) is 0 Å². The van der Waals surface area contributed by atoms with E-state index in [0.29, 0.717) is 5.57 Å². The highest BCUT2D eigenvalue weighted by Gasteiger charge is 2.06. The molecule has 2 N–H and O–H groups in total. The third-order valence-electron chi connectivity index (χ3n) is 2.82. The average molecular weight is 268 g/mol. The number of nitrogens with two attached hydrogens (primary N) is 1. The fourth-order valence-electron chi connectivity index (χ4n) is 1.91. The second kappa shape index (κ2) is 5.51. The van der Waals surface area contributed by atoms with E-state index in [2.05, 4.69) is 0 Å². The zero-order chi connectivity index (χ0) is 13.8. The standard InChI is InChI=1S/C15H12N2OS/c1-18-14-7-6-10(8-11(9-16)15(17)19)12-4-2-3-5-13(12)14/h2-8H,1H3,(H2,17,19). The van der Waals surface area contributed by atoms with E-state index in [4.69, 9.17) is 28.0 Å². The molecule has 19 heavy (non-hydrogen) atoms. The molecule has 0 saturated heterocycles. The van der Waals surface area contributed by atoms with Crippen molar-refractivity contribution in [3.8, 4) is 11.8 Å². The van der Waals surface area contributed by atoms with Crippen LogP contribution in [-0.2, 0) is 0 Å². The van der Waals surface area contributed by atoms with Gasteiger partial charge in [0.25, 0.3) is 0 Å². The third-order valence-corrected chi connectivity index (χ3v) is 3.04. The molecule has 0 saturated carbocycles. The molecular formula is C15H12N2OS. The van der Waals surface area contributed by atoms with E-state index in [9.17, 15) is 0 Å². The van der Waals surface area contributed by atoms with Gasteiger partial charge in [-0.25, -0.2) is 0 Å². The smallest absolute Gasteiger partial charge is 0.126 e. The minimum absolute atomic E-state index is 0.0994. The van der Waals surface area contributed by atoms with Crippen molar-refractivity contribution >= 4 is 34.1 Å². The summed E-state index contributed by atoms with van der Waals surface area (Å²) in [7, 11) is 1.63. The Morgan fingerprint density at radius 3 is 2.53 bits per heavy atom. The molecule has 2 aromatic rings. The number of hydrogen-bond donors (Lipinski definition) is 1. The molecule has 0 aliphatic carbocycles. The van der Waals surface area contributed by atoms with Crippen LogP contribution in [0.1, 0.15) is 5.56 Å². The lowest BCUT2D eigenvalue weighted by molar-refractivity contribution is 0.420. The molecule has 0 fully saturated rings. The van der Waals surface area contributed by atoms with E-state index in [1.807, 2.05) is 42.5 Å². The molecule has 0 heterocycles. The molecule has 0 aliphatic heterocycles. The van der Waals surface area contributed by atoms with Crippen LogP contribution in [0.25, 0.3) is 16.8 Å². The first-order valence-corrected chi connectivity index (χ1v) is 6.05. The van der Waals surface area contributed by atoms with Crippen molar-refractivity contribution in [1.82, 2.24) is 0 Å². The molecule has 2 rings (SSSR count). The molecular weight excluding hydrogens is 256 g/mol. The Kier molecular flexibility index (Phi) is 3.79. The molecule has 94 valence electrons. The van der Waals surface area contributed by atoms with Gasteiger partial charge in [0.05, 0.1) is 12.7 Å². The van der Waals surface area contributed by atoms with Gasteiger partial charge >= 0.3 is 0 Å². The van der Waals surface area contributed by atoms with Gasteiger partial charge in [0, 0.05) is 5.39 Å². The summed E-state index contributed by atoms with van der Waals surface area (Å²) < 4.78 is 5.33. The molecule has 4 heteroatoms. The van der Waals surface area contributed by atoms with Crippen molar-refractivity contribution in [3.63, 3.8) is 0 Å². The van der Waals surface area contributed by atoms with Crippen molar-refractivity contribution in [1.29, 1.82) is 5.26 Å². The van der Waals surface area contributed by atoms with Gasteiger partial charge in [0.2, 0.25) is 0 Å². The first-order valence-electron chi connectivity index (χ1n) is 5.64. The SMILES string of the molecule is COc1ccc(C=C(C#N)C(N)=S)c2ccccc12. The minimum Gasteiger partial charge on any atom is -0.496 e. The molecule has 0 spiro atoms. The lowest BCUT2D eigenvalue weighted by atomic mass is 10.0. The number of nitrogens with zero attached hydrogens (tertiary/aromatic N) is 1. The molecule has 0 atom stereocenters. The quantitative estimate of drug-likeness (QED) is 0.528. The summed E-state index contributed by atoms with van der Waals surface area (Å²) in [5.41, 5.74) is 6.70. The van der Waals surface area contributed by atoms with Crippen LogP contribution in [0, 0.1) is 11.3 Å². The van der Waals surface area contributed by atoms with Crippen LogP contribution in [0.4, 0.5) is 0 Å². The van der Waals surface area contributed by atoms with Gasteiger partial charge in [-0.15, -0.1) is 0 Å². The highest BCUT2D eigenvalue weighted by atomic mass is 32.1. The highest BCUT2D eigenvalue weighted by molar-refractivity contribution is 7.80. The Balaban J connectivity index is 2.70. The zero-order valence-electron chi connectivity index (χ0n) is 10.4. The maximum atomic E-state index is 9.02. The lowest BCUT2D eigenvalue weighted by Crippen LogP contribution is -2.09. The van der Waals surface area contributed by atoms with Gasteiger partial charge in [-0.3, -0.25) is 0 Å². The first-order chi connectivity index (χ1) is 9.17. The maximum absolute atomic E-state index is 9.02. The Morgan fingerprint density at radius 1 is 1.26 bits per heavy atom. The van der Waals surface area contributed by atoms with E-state index >= 15 is 0 Å². The Hall–Kier alpha value is -2.38. The lowest BCUT2D eigenvalue weighted by Gasteiger charge is -2.08. The molecule has 0 bridgehead atoms. The molecule has 0 unspecified atom stereocenters. The second-order valence-electron chi connectivity index (χ2n) is 3.94. The average Bonchev–Trinajstić information content (AvgIpc) is 2.44. The number of rotatable bonds is 3. The Morgan fingerprint density at radius 2 is 1.95 bits per heavy atom. The maximum Gasteiger partial charge on any atom is 0.126 e. The number of thiocarbonyl (C=S) groups is 1. The molecule has 0 aromatic heterocycles. The third kappa shape index (κ3) is 2.56. The van der Waals surface area contributed by atoms with E-state index in [1.165, 1.54) is 0 Å². The van der Waals surface area contributed by atoms with Crippen LogP contribution in [0.5, 0.6) is 5.75 Å². The summed E-state index contributed by atoms with van der Waals surface area (Å²) in [6, 6.07) is 13.6. The van der Waals surface area contributed by atoms with Gasteiger partial charge in [-0.2, -0.15) is 5.26 Å². The Labute approximate surface area is 116 Å². The molecule has 0 aliphatic rings. The summed E-state index contributed by atoms with van der Waals surface area (Å²) in [6.45, 7) is 0. The fourth-order valence-corrected chi connectivity index (χ4v) is 2.02. The highest BCUT2D eigenvalue weighted by Crippen LogP contribution is 2.29. The number of hydrogen-bond acceptors (Lipinski definition) is 3. The normalized spacial score (nSPS) is 11.1. The van der Waals surface area contributed by atoms with Crippen LogP contribution in [0.3, 0.4) is 0 Å². The monoisotopic (exact) mass is 268 g/mol. The van der Waals surface area contributed by atoms with Gasteiger partial charge < -0.3 is 10.5 Å². The second-order valence-corrected chi connectivity index (χ2v) is 4.38. The predicted molar refractivity (Wildman–Crippen MR) is 80.9 cm³/mol. The number of fused-ring (bicyclic) bond motifs is 1. The van der Waals surface area contributed by atoms with Crippen molar-refractivity contribution in [3.05, 3.63) is 47.5 Å². The molecule has 3 nitrogen and oxygen atoms in total. The van der Waals surface area contributed by atoms with Crippen LogP contribution in [0.2, 0.25) is 0 Å². The largest absolute Gasteiger partial charge is 0.496 e. The number of nitriles is 1. The van der Waals surface area contributed by atoms with E-state index in [-0.39, 0.29) is 4.99 Å². The van der Waals surface area contributed by atoms with Crippen LogP contribution in [0.15, 0.2) is 42.0 Å². The van der Waals surface area contributed by atoms with Gasteiger partial charge in [-0.1, -0.05) is 42.5 Å².